The Labute approximate surface area is 137 Å². The molecule has 2 aliphatic rings. The summed E-state index contributed by atoms with van der Waals surface area (Å²) in [6.07, 6.45) is 2.09. The fourth-order valence-corrected chi connectivity index (χ4v) is 4.80. The van der Waals surface area contributed by atoms with Gasteiger partial charge in [0, 0.05) is 26.2 Å². The van der Waals surface area contributed by atoms with Crippen LogP contribution in [-0.4, -0.2) is 56.3 Å². The highest BCUT2D eigenvalue weighted by Crippen LogP contribution is 2.37. The molecule has 7 heteroatoms. The lowest BCUT2D eigenvalue weighted by molar-refractivity contribution is -0.130. The topological polar surface area (TPSA) is 83.7 Å². The Balaban J connectivity index is 1.64. The van der Waals surface area contributed by atoms with Crippen molar-refractivity contribution < 1.29 is 13.2 Å². The minimum atomic E-state index is -3.63. The molecule has 3 atom stereocenters. The number of amides is 1. The summed E-state index contributed by atoms with van der Waals surface area (Å²) in [5.74, 6) is 0.702. The first kappa shape index (κ1) is 16.4. The summed E-state index contributed by atoms with van der Waals surface area (Å²) in [4.78, 5) is 14.4. The first-order valence-corrected chi connectivity index (χ1v) is 9.38. The number of sulfonamides is 1. The summed E-state index contributed by atoms with van der Waals surface area (Å²) in [5.41, 5.74) is 6.08. The second-order valence-electron chi connectivity index (χ2n) is 6.54. The molecule has 126 valence electrons. The van der Waals surface area contributed by atoms with Crippen LogP contribution in [-0.2, 0) is 14.8 Å². The van der Waals surface area contributed by atoms with Gasteiger partial charge >= 0.3 is 0 Å². The average Bonchev–Trinajstić information content (AvgIpc) is 3.10. The van der Waals surface area contributed by atoms with Crippen LogP contribution in [0.5, 0.6) is 0 Å². The van der Waals surface area contributed by atoms with Crippen molar-refractivity contribution in [2.24, 2.45) is 17.6 Å². The fraction of sp³-hybridized carbons (Fsp3) is 0.562. The molecule has 0 radical (unpaired) electrons. The van der Waals surface area contributed by atoms with Crippen molar-refractivity contribution >= 4 is 15.9 Å². The Kier molecular flexibility index (Phi) is 4.44. The monoisotopic (exact) mass is 337 g/mol. The van der Waals surface area contributed by atoms with E-state index in [9.17, 15) is 13.2 Å². The molecule has 3 rings (SSSR count). The normalized spacial score (nSPS) is 27.4. The van der Waals surface area contributed by atoms with Crippen LogP contribution in [0, 0.1) is 11.8 Å². The molecule has 2 N–H and O–H groups in total. The Morgan fingerprint density at radius 2 is 1.96 bits per heavy atom. The van der Waals surface area contributed by atoms with Gasteiger partial charge in [-0.1, -0.05) is 18.2 Å². The molecule has 0 spiro atoms. The number of fused-ring (bicyclic) bond motifs is 1. The molecule has 1 aromatic carbocycles. The molecule has 0 aromatic heterocycles. The minimum Gasteiger partial charge on any atom is -0.341 e. The van der Waals surface area contributed by atoms with Gasteiger partial charge in [-0.15, -0.1) is 0 Å². The number of rotatable bonds is 4. The van der Waals surface area contributed by atoms with Crippen molar-refractivity contribution in [2.45, 2.75) is 23.8 Å². The molecule has 1 amide bonds. The summed E-state index contributed by atoms with van der Waals surface area (Å²) < 4.78 is 26.1. The van der Waals surface area contributed by atoms with Crippen LogP contribution in [0.4, 0.5) is 0 Å². The number of carbonyl (C=O) groups excluding carboxylic acids is 1. The molecule has 1 saturated carbocycles. The second kappa shape index (κ2) is 6.22. The van der Waals surface area contributed by atoms with Crippen molar-refractivity contribution in [3.8, 4) is 0 Å². The fourth-order valence-electron chi connectivity index (χ4n) is 3.66. The van der Waals surface area contributed by atoms with E-state index in [0.29, 0.717) is 24.9 Å². The highest BCUT2D eigenvalue weighted by Gasteiger charge is 2.42. The smallest absolute Gasteiger partial charge is 0.243 e. The largest absolute Gasteiger partial charge is 0.341 e. The standard InChI is InChI=1S/C16H23N3O3S/c1-18(23(21,22)13-5-3-2-4-6-13)11-16(20)19-9-12-7-8-15(17)14(12)10-19/h2-6,12,14-15H,7-11,17H2,1H3. The maximum Gasteiger partial charge on any atom is 0.243 e. The molecular formula is C16H23N3O3S. The van der Waals surface area contributed by atoms with Crippen molar-refractivity contribution in [1.29, 1.82) is 0 Å². The molecular weight excluding hydrogens is 314 g/mol. The van der Waals surface area contributed by atoms with Gasteiger partial charge in [0.15, 0.2) is 0 Å². The van der Waals surface area contributed by atoms with Gasteiger partial charge in [-0.3, -0.25) is 4.79 Å². The van der Waals surface area contributed by atoms with Gasteiger partial charge in [-0.25, -0.2) is 8.42 Å². The highest BCUT2D eigenvalue weighted by atomic mass is 32.2. The van der Waals surface area contributed by atoms with Gasteiger partial charge in [0.25, 0.3) is 0 Å². The highest BCUT2D eigenvalue weighted by molar-refractivity contribution is 7.89. The van der Waals surface area contributed by atoms with Gasteiger partial charge in [-0.2, -0.15) is 4.31 Å². The zero-order valence-corrected chi connectivity index (χ0v) is 14.1. The van der Waals surface area contributed by atoms with Crippen LogP contribution in [0.25, 0.3) is 0 Å². The Morgan fingerprint density at radius 1 is 1.26 bits per heavy atom. The summed E-state index contributed by atoms with van der Waals surface area (Å²) >= 11 is 0. The maximum atomic E-state index is 12.5. The van der Waals surface area contributed by atoms with Crippen molar-refractivity contribution in [3.63, 3.8) is 0 Å². The summed E-state index contributed by atoms with van der Waals surface area (Å²) in [6.45, 7) is 1.23. The van der Waals surface area contributed by atoms with Crippen LogP contribution in [0.3, 0.4) is 0 Å². The van der Waals surface area contributed by atoms with Gasteiger partial charge in [-0.05, 0) is 36.8 Å². The molecule has 23 heavy (non-hydrogen) atoms. The number of likely N-dealkylation sites (tertiary alicyclic amines) is 1. The SMILES string of the molecule is CN(CC(=O)N1CC2CCC(N)C2C1)S(=O)(=O)c1ccccc1. The average molecular weight is 337 g/mol. The lowest BCUT2D eigenvalue weighted by atomic mass is 9.98. The molecule has 1 aromatic rings. The molecule has 1 aliphatic heterocycles. The number of likely N-dealkylation sites (N-methyl/N-ethyl adjacent to an activating group) is 1. The van der Waals surface area contributed by atoms with Crippen molar-refractivity contribution in [1.82, 2.24) is 9.21 Å². The quantitative estimate of drug-likeness (QED) is 0.867. The first-order chi connectivity index (χ1) is 10.9. The lowest BCUT2D eigenvalue weighted by Gasteiger charge is -2.22. The van der Waals surface area contributed by atoms with Crippen molar-refractivity contribution in [2.75, 3.05) is 26.7 Å². The van der Waals surface area contributed by atoms with Gasteiger partial charge in [0.05, 0.1) is 11.4 Å². The first-order valence-electron chi connectivity index (χ1n) is 7.94. The third-order valence-corrected chi connectivity index (χ3v) is 6.89. The Hall–Kier alpha value is -1.44. The molecule has 1 saturated heterocycles. The lowest BCUT2D eigenvalue weighted by Crippen LogP contribution is -2.41. The molecule has 2 fully saturated rings. The number of hydrogen-bond acceptors (Lipinski definition) is 4. The van der Waals surface area contributed by atoms with Crippen molar-refractivity contribution in [3.05, 3.63) is 30.3 Å². The Bertz CT molecular complexity index is 677. The molecule has 1 heterocycles. The molecule has 1 aliphatic carbocycles. The van der Waals surface area contributed by atoms with Gasteiger partial charge in [0.1, 0.15) is 0 Å². The predicted molar refractivity (Wildman–Crippen MR) is 87.0 cm³/mol. The van der Waals surface area contributed by atoms with Gasteiger partial charge in [0.2, 0.25) is 15.9 Å². The van der Waals surface area contributed by atoms with E-state index in [-0.39, 0.29) is 23.4 Å². The predicted octanol–water partition coefficient (Wildman–Crippen LogP) is 0.503. The third-order valence-electron chi connectivity index (χ3n) is 5.07. The number of nitrogens with zero attached hydrogens (tertiary/aromatic N) is 2. The molecule has 0 bridgehead atoms. The minimum absolute atomic E-state index is 0.133. The molecule has 3 unspecified atom stereocenters. The van der Waals surface area contributed by atoms with Crippen LogP contribution >= 0.6 is 0 Å². The van der Waals surface area contributed by atoms with E-state index in [1.54, 1.807) is 23.1 Å². The second-order valence-corrected chi connectivity index (χ2v) is 8.58. The summed E-state index contributed by atoms with van der Waals surface area (Å²) in [7, 11) is -2.18. The summed E-state index contributed by atoms with van der Waals surface area (Å²) in [6, 6.07) is 8.35. The Morgan fingerprint density at radius 3 is 2.61 bits per heavy atom. The van der Waals surface area contributed by atoms with Crippen LogP contribution in [0.15, 0.2) is 35.2 Å². The van der Waals surface area contributed by atoms with E-state index < -0.39 is 10.0 Å². The number of benzene rings is 1. The van der Waals surface area contributed by atoms with E-state index in [0.717, 1.165) is 17.1 Å². The van der Waals surface area contributed by atoms with E-state index in [2.05, 4.69) is 0 Å². The van der Waals surface area contributed by atoms with E-state index in [4.69, 9.17) is 5.73 Å². The van der Waals surface area contributed by atoms with Gasteiger partial charge < -0.3 is 10.6 Å². The number of hydrogen-bond donors (Lipinski definition) is 1. The number of nitrogens with two attached hydrogens (primary N) is 1. The number of carbonyl (C=O) groups is 1. The zero-order chi connectivity index (χ0) is 16.6. The van der Waals surface area contributed by atoms with E-state index in [1.165, 1.54) is 19.2 Å². The molecule has 6 nitrogen and oxygen atoms in total. The van der Waals surface area contributed by atoms with Crippen LogP contribution in [0.2, 0.25) is 0 Å². The van der Waals surface area contributed by atoms with E-state index in [1.807, 2.05) is 0 Å². The van der Waals surface area contributed by atoms with Crippen LogP contribution < -0.4 is 5.73 Å². The maximum absolute atomic E-state index is 12.5. The van der Waals surface area contributed by atoms with Crippen LogP contribution in [0.1, 0.15) is 12.8 Å². The summed E-state index contributed by atoms with van der Waals surface area (Å²) in [5, 5.41) is 0. The third kappa shape index (κ3) is 3.13. The zero-order valence-electron chi connectivity index (χ0n) is 13.3. The van der Waals surface area contributed by atoms with E-state index >= 15 is 0 Å².